The van der Waals surface area contributed by atoms with Gasteiger partial charge in [0.05, 0.1) is 7.11 Å². The van der Waals surface area contributed by atoms with Crippen LogP contribution in [0, 0.1) is 15.3 Å². The van der Waals surface area contributed by atoms with Gasteiger partial charge in [0.25, 0.3) is 10.0 Å². The van der Waals surface area contributed by atoms with Crippen LogP contribution in [0.15, 0.2) is 53.7 Å². The number of anilines is 2. The van der Waals surface area contributed by atoms with Gasteiger partial charge in [-0.05, 0) is 73.7 Å². The highest BCUT2D eigenvalue weighted by Gasteiger charge is 2.23. The average Bonchev–Trinajstić information content (AvgIpc) is 3.11. The van der Waals surface area contributed by atoms with E-state index in [2.05, 4.69) is 20.0 Å². The highest BCUT2D eigenvalue weighted by atomic mass is 127. The molecule has 0 aliphatic carbocycles. The number of imidazole rings is 1. The standard InChI is InChI=1S/C24H22F2IN5O5S/c1-24(2,3)37-23(33)30-21-20(27)32-12-13(5-8-19(32)29-21)14-9-17(22(36-4)28-11-14)31-38(34,35)18-7-6-15(25)10-16(18)26/h5-12,31H,1-4H3,(H,30,33). The highest BCUT2D eigenvalue weighted by molar-refractivity contribution is 14.1. The molecule has 1 aromatic carbocycles. The molecular weight excluding hydrogens is 635 g/mol. The highest BCUT2D eigenvalue weighted by Crippen LogP contribution is 2.32. The molecule has 0 radical (unpaired) electrons. The first-order valence-electron chi connectivity index (χ1n) is 11.0. The molecule has 0 unspecified atom stereocenters. The van der Waals surface area contributed by atoms with Crippen molar-refractivity contribution < 1.29 is 31.5 Å². The number of carbonyl (C=O) groups is 1. The van der Waals surface area contributed by atoms with Gasteiger partial charge in [0.1, 0.15) is 37.2 Å². The van der Waals surface area contributed by atoms with Crippen molar-refractivity contribution in [3.63, 3.8) is 0 Å². The molecule has 1 amide bonds. The number of rotatable bonds is 6. The maximum absolute atomic E-state index is 14.2. The zero-order chi connectivity index (χ0) is 27.8. The normalized spacial score (nSPS) is 11.9. The lowest BCUT2D eigenvalue weighted by atomic mass is 10.1. The second kappa shape index (κ2) is 10.3. The minimum absolute atomic E-state index is 0.0537. The number of nitrogens with zero attached hydrogens (tertiary/aromatic N) is 3. The summed E-state index contributed by atoms with van der Waals surface area (Å²) >= 11 is 2.03. The summed E-state index contributed by atoms with van der Waals surface area (Å²) in [5.74, 6) is -1.89. The van der Waals surface area contributed by atoms with E-state index in [-0.39, 0.29) is 11.6 Å². The summed E-state index contributed by atoms with van der Waals surface area (Å²) in [6.45, 7) is 5.25. The van der Waals surface area contributed by atoms with E-state index in [1.165, 1.54) is 19.4 Å². The summed E-state index contributed by atoms with van der Waals surface area (Å²) in [6.07, 6.45) is 2.55. The van der Waals surface area contributed by atoms with E-state index in [0.717, 1.165) is 12.1 Å². The molecule has 0 bridgehead atoms. The summed E-state index contributed by atoms with van der Waals surface area (Å²) in [4.78, 5) is 20.0. The summed E-state index contributed by atoms with van der Waals surface area (Å²) in [7, 11) is -3.13. The first-order chi connectivity index (χ1) is 17.8. The Morgan fingerprint density at radius 2 is 1.84 bits per heavy atom. The lowest BCUT2D eigenvalue weighted by molar-refractivity contribution is 0.0635. The molecule has 0 aliphatic rings. The van der Waals surface area contributed by atoms with E-state index in [9.17, 15) is 22.0 Å². The van der Waals surface area contributed by atoms with Gasteiger partial charge in [-0.2, -0.15) is 0 Å². The second-order valence-electron chi connectivity index (χ2n) is 8.99. The van der Waals surface area contributed by atoms with E-state index in [4.69, 9.17) is 9.47 Å². The molecule has 0 spiro atoms. The predicted molar refractivity (Wildman–Crippen MR) is 145 cm³/mol. The zero-order valence-corrected chi connectivity index (χ0v) is 23.5. The molecule has 0 saturated heterocycles. The van der Waals surface area contributed by atoms with Crippen molar-refractivity contribution in [2.75, 3.05) is 17.1 Å². The number of hydrogen-bond acceptors (Lipinski definition) is 7. The van der Waals surface area contributed by atoms with Crippen molar-refractivity contribution in [3.8, 4) is 17.0 Å². The number of halogens is 3. The Labute approximate surface area is 230 Å². The van der Waals surface area contributed by atoms with Gasteiger partial charge in [0.15, 0.2) is 5.82 Å². The predicted octanol–water partition coefficient (Wildman–Crippen LogP) is 5.44. The minimum Gasteiger partial charge on any atom is -0.480 e. The Bertz CT molecular complexity index is 1650. The van der Waals surface area contributed by atoms with Crippen molar-refractivity contribution in [1.82, 2.24) is 14.4 Å². The van der Waals surface area contributed by atoms with Gasteiger partial charge in [0.2, 0.25) is 5.88 Å². The van der Waals surface area contributed by atoms with Crippen molar-refractivity contribution in [3.05, 3.63) is 64.1 Å². The number of hydrogen-bond donors (Lipinski definition) is 2. The Kier molecular flexibility index (Phi) is 7.47. The third-order valence-corrected chi connectivity index (χ3v) is 7.41. The molecule has 0 atom stereocenters. The molecule has 200 valence electrons. The number of ether oxygens (including phenoxy) is 2. The van der Waals surface area contributed by atoms with Crippen LogP contribution in [0.25, 0.3) is 16.8 Å². The number of methoxy groups -OCH3 is 1. The Morgan fingerprint density at radius 1 is 1.11 bits per heavy atom. The topological polar surface area (TPSA) is 124 Å². The van der Waals surface area contributed by atoms with Gasteiger partial charge in [-0.15, -0.1) is 0 Å². The average molecular weight is 657 g/mol. The van der Waals surface area contributed by atoms with E-state index in [0.29, 0.717) is 32.4 Å². The number of sulfonamides is 1. The molecule has 0 fully saturated rings. The van der Waals surface area contributed by atoms with Crippen LogP contribution in [-0.4, -0.2) is 41.6 Å². The van der Waals surface area contributed by atoms with Crippen LogP contribution in [-0.2, 0) is 14.8 Å². The van der Waals surface area contributed by atoms with E-state index < -0.39 is 38.2 Å². The molecule has 0 aliphatic heterocycles. The molecule has 4 rings (SSSR count). The fourth-order valence-corrected chi connectivity index (χ4v) is 5.16. The summed E-state index contributed by atoms with van der Waals surface area (Å²) in [5.41, 5.74) is 0.932. The van der Waals surface area contributed by atoms with Crippen molar-refractivity contribution in [2.45, 2.75) is 31.3 Å². The van der Waals surface area contributed by atoms with Crippen LogP contribution >= 0.6 is 22.6 Å². The third-order valence-electron chi connectivity index (χ3n) is 4.99. The Morgan fingerprint density at radius 3 is 2.50 bits per heavy atom. The molecule has 0 saturated carbocycles. The second-order valence-corrected chi connectivity index (χ2v) is 11.7. The largest absolute Gasteiger partial charge is 0.480 e. The van der Waals surface area contributed by atoms with Crippen LogP contribution in [0.2, 0.25) is 0 Å². The number of carbonyl (C=O) groups excluding carboxylic acids is 1. The van der Waals surface area contributed by atoms with Crippen molar-refractivity contribution in [2.24, 2.45) is 0 Å². The first kappa shape index (κ1) is 27.5. The van der Waals surface area contributed by atoms with Gasteiger partial charge < -0.3 is 9.47 Å². The van der Waals surface area contributed by atoms with Crippen LogP contribution in [0.1, 0.15) is 20.8 Å². The molecule has 4 aromatic rings. The maximum Gasteiger partial charge on any atom is 0.413 e. The summed E-state index contributed by atoms with van der Waals surface area (Å²) in [6, 6.07) is 7.06. The number of benzene rings is 1. The van der Waals surface area contributed by atoms with Crippen LogP contribution in [0.4, 0.5) is 25.1 Å². The lowest BCUT2D eigenvalue weighted by Crippen LogP contribution is -2.27. The van der Waals surface area contributed by atoms with Gasteiger partial charge in [-0.25, -0.2) is 32.0 Å². The smallest absolute Gasteiger partial charge is 0.413 e. The van der Waals surface area contributed by atoms with E-state index >= 15 is 0 Å². The summed E-state index contributed by atoms with van der Waals surface area (Å²) in [5, 5.41) is 2.63. The van der Waals surface area contributed by atoms with Crippen molar-refractivity contribution in [1.29, 1.82) is 0 Å². The SMILES string of the molecule is COc1ncc(-c2ccc3nc(NC(=O)OC(C)(C)C)c(I)n3c2)cc1NS(=O)(=O)c1ccc(F)cc1F. The van der Waals surface area contributed by atoms with E-state index in [1.807, 2.05) is 22.6 Å². The minimum atomic E-state index is -4.44. The maximum atomic E-state index is 14.2. The molecule has 2 N–H and O–H groups in total. The monoisotopic (exact) mass is 657 g/mol. The molecule has 3 aromatic heterocycles. The van der Waals surface area contributed by atoms with Crippen LogP contribution in [0.3, 0.4) is 0 Å². The Balaban J connectivity index is 1.68. The number of nitrogens with one attached hydrogen (secondary N) is 2. The molecule has 3 heterocycles. The number of aromatic nitrogens is 3. The zero-order valence-electron chi connectivity index (χ0n) is 20.5. The van der Waals surface area contributed by atoms with Gasteiger partial charge >= 0.3 is 6.09 Å². The lowest BCUT2D eigenvalue weighted by Gasteiger charge is -2.19. The number of pyridine rings is 2. The van der Waals surface area contributed by atoms with Gasteiger partial charge in [-0.1, -0.05) is 0 Å². The molecule has 38 heavy (non-hydrogen) atoms. The van der Waals surface area contributed by atoms with Gasteiger partial charge in [0, 0.05) is 29.6 Å². The quantitative estimate of drug-likeness (QED) is 0.265. The van der Waals surface area contributed by atoms with Gasteiger partial charge in [-0.3, -0.25) is 14.4 Å². The van der Waals surface area contributed by atoms with E-state index in [1.54, 1.807) is 43.5 Å². The number of fused-ring (bicyclic) bond motifs is 1. The summed E-state index contributed by atoms with van der Waals surface area (Å²) < 4.78 is 68.1. The Hall–Kier alpha value is -3.53. The van der Waals surface area contributed by atoms with Crippen molar-refractivity contribution >= 4 is 55.9 Å². The molecular formula is C24H22F2IN5O5S. The number of amides is 1. The molecule has 10 nitrogen and oxygen atoms in total. The molecule has 14 heteroatoms. The third kappa shape index (κ3) is 5.96. The fraction of sp³-hybridized carbons (Fsp3) is 0.208. The van der Waals surface area contributed by atoms with Crippen LogP contribution in [0.5, 0.6) is 5.88 Å². The van der Waals surface area contributed by atoms with Crippen LogP contribution < -0.4 is 14.8 Å². The fourth-order valence-electron chi connectivity index (χ4n) is 3.41. The first-order valence-corrected chi connectivity index (χ1v) is 13.5.